The van der Waals surface area contributed by atoms with Crippen molar-refractivity contribution in [3.05, 3.63) is 51.2 Å². The van der Waals surface area contributed by atoms with Crippen LogP contribution in [0, 0.1) is 4.77 Å². The van der Waals surface area contributed by atoms with Crippen molar-refractivity contribution in [3.63, 3.8) is 0 Å². The summed E-state index contributed by atoms with van der Waals surface area (Å²) in [5.41, 5.74) is 0.733. The van der Waals surface area contributed by atoms with Crippen LogP contribution in [0.4, 0.5) is 0 Å². The Balaban J connectivity index is 2.10. The largest absolute Gasteiger partial charge is 0.454 e. The standard InChI is InChI=1S/C12H11N3O2S/c1-7-9(8-5-3-2-4-6-8)17-12-14-10(18)13-11(16)15(7)12/h2-7,9H,1H3,(H,13,16,18)/t7-,9-/m0/s1. The molecule has 18 heavy (non-hydrogen) atoms. The van der Waals surface area contributed by atoms with Crippen LogP contribution in [0.5, 0.6) is 6.01 Å². The predicted octanol–water partition coefficient (Wildman–Crippen LogP) is 2.00. The van der Waals surface area contributed by atoms with E-state index in [0.29, 0.717) is 0 Å². The van der Waals surface area contributed by atoms with Gasteiger partial charge in [0.2, 0.25) is 4.77 Å². The summed E-state index contributed by atoms with van der Waals surface area (Å²) in [5, 5.41) is 0. The van der Waals surface area contributed by atoms with Crippen LogP contribution in [0.25, 0.3) is 0 Å². The maximum absolute atomic E-state index is 11.8. The lowest BCUT2D eigenvalue weighted by atomic mass is 10.0. The number of aromatic nitrogens is 3. The summed E-state index contributed by atoms with van der Waals surface area (Å²) in [4.78, 5) is 18.4. The Kier molecular flexibility index (Phi) is 2.52. The van der Waals surface area contributed by atoms with Gasteiger partial charge in [0, 0.05) is 0 Å². The van der Waals surface area contributed by atoms with Crippen molar-refractivity contribution < 1.29 is 4.74 Å². The van der Waals surface area contributed by atoms with Gasteiger partial charge in [-0.15, -0.1) is 0 Å². The molecule has 0 spiro atoms. The molecule has 0 saturated heterocycles. The minimum absolute atomic E-state index is 0.116. The predicted molar refractivity (Wildman–Crippen MR) is 68.2 cm³/mol. The molecule has 2 atom stereocenters. The minimum Gasteiger partial charge on any atom is -0.454 e. The van der Waals surface area contributed by atoms with Crippen molar-refractivity contribution in [2.75, 3.05) is 0 Å². The van der Waals surface area contributed by atoms with E-state index in [2.05, 4.69) is 9.97 Å². The minimum atomic E-state index is -0.282. The van der Waals surface area contributed by atoms with E-state index < -0.39 is 0 Å². The van der Waals surface area contributed by atoms with Gasteiger partial charge < -0.3 is 4.74 Å². The molecule has 0 radical (unpaired) electrons. The number of ether oxygens (including phenoxy) is 1. The van der Waals surface area contributed by atoms with E-state index in [4.69, 9.17) is 17.0 Å². The number of H-pyrrole nitrogens is 1. The highest BCUT2D eigenvalue weighted by atomic mass is 32.1. The number of rotatable bonds is 1. The fourth-order valence-electron chi connectivity index (χ4n) is 2.19. The molecule has 3 rings (SSSR count). The lowest BCUT2D eigenvalue weighted by Crippen LogP contribution is -2.24. The van der Waals surface area contributed by atoms with Crippen LogP contribution in [-0.4, -0.2) is 14.5 Å². The van der Waals surface area contributed by atoms with Gasteiger partial charge in [-0.2, -0.15) is 4.98 Å². The van der Waals surface area contributed by atoms with Gasteiger partial charge in [0.1, 0.15) is 6.10 Å². The van der Waals surface area contributed by atoms with E-state index in [9.17, 15) is 4.79 Å². The van der Waals surface area contributed by atoms with Crippen LogP contribution >= 0.6 is 12.2 Å². The molecule has 0 saturated carbocycles. The van der Waals surface area contributed by atoms with Crippen molar-refractivity contribution in [1.82, 2.24) is 14.5 Å². The highest BCUT2D eigenvalue weighted by molar-refractivity contribution is 7.71. The Morgan fingerprint density at radius 3 is 2.83 bits per heavy atom. The maximum Gasteiger partial charge on any atom is 0.332 e. The third-order valence-corrected chi connectivity index (χ3v) is 3.24. The molecule has 5 nitrogen and oxygen atoms in total. The van der Waals surface area contributed by atoms with Crippen molar-refractivity contribution in [3.8, 4) is 6.01 Å². The highest BCUT2D eigenvalue weighted by Gasteiger charge is 2.33. The number of aromatic amines is 1. The maximum atomic E-state index is 11.8. The summed E-state index contributed by atoms with van der Waals surface area (Å²) < 4.78 is 7.37. The topological polar surface area (TPSA) is 59.9 Å². The fourth-order valence-corrected chi connectivity index (χ4v) is 2.35. The van der Waals surface area contributed by atoms with Crippen molar-refractivity contribution in [2.45, 2.75) is 19.1 Å². The highest BCUT2D eigenvalue weighted by Crippen LogP contribution is 2.36. The van der Waals surface area contributed by atoms with Gasteiger partial charge in [0.05, 0.1) is 6.04 Å². The quantitative estimate of drug-likeness (QED) is 0.798. The summed E-state index contributed by atoms with van der Waals surface area (Å²) in [5.74, 6) is 0. The average Bonchev–Trinajstić information content (AvgIpc) is 2.67. The van der Waals surface area contributed by atoms with Gasteiger partial charge in [-0.25, -0.2) is 9.36 Å². The molecular formula is C12H11N3O2S. The first-order valence-corrected chi connectivity index (χ1v) is 6.02. The second-order valence-electron chi connectivity index (χ2n) is 4.19. The average molecular weight is 261 g/mol. The first-order chi connectivity index (χ1) is 8.66. The van der Waals surface area contributed by atoms with Crippen molar-refractivity contribution in [1.29, 1.82) is 0 Å². The van der Waals surface area contributed by atoms with E-state index in [-0.39, 0.29) is 28.6 Å². The number of benzene rings is 1. The molecule has 2 aromatic rings. The summed E-state index contributed by atoms with van der Waals surface area (Å²) in [7, 11) is 0. The molecule has 1 N–H and O–H groups in total. The van der Waals surface area contributed by atoms with E-state index in [1.807, 2.05) is 37.3 Å². The second kappa shape index (κ2) is 4.06. The van der Waals surface area contributed by atoms with Crippen LogP contribution < -0.4 is 10.4 Å². The zero-order valence-corrected chi connectivity index (χ0v) is 10.5. The Bertz CT molecular complexity index is 692. The van der Waals surface area contributed by atoms with E-state index >= 15 is 0 Å². The Labute approximate surface area is 108 Å². The normalized spacial score (nSPS) is 21.4. The molecule has 0 fully saturated rings. The number of fused-ring (bicyclic) bond motifs is 1. The zero-order valence-electron chi connectivity index (χ0n) is 9.66. The van der Waals surface area contributed by atoms with Gasteiger partial charge in [0.15, 0.2) is 0 Å². The van der Waals surface area contributed by atoms with Crippen LogP contribution in [-0.2, 0) is 0 Å². The molecule has 92 valence electrons. The third kappa shape index (κ3) is 1.65. The van der Waals surface area contributed by atoms with Crippen LogP contribution in [0.1, 0.15) is 24.6 Å². The van der Waals surface area contributed by atoms with Gasteiger partial charge in [-0.1, -0.05) is 30.3 Å². The molecule has 1 aromatic heterocycles. The van der Waals surface area contributed by atoms with Gasteiger partial charge in [-0.05, 0) is 24.7 Å². The second-order valence-corrected chi connectivity index (χ2v) is 4.58. The molecule has 1 aliphatic heterocycles. The molecule has 1 aliphatic rings. The third-order valence-electron chi connectivity index (χ3n) is 3.04. The van der Waals surface area contributed by atoms with Crippen molar-refractivity contribution in [2.24, 2.45) is 0 Å². The number of hydrogen-bond acceptors (Lipinski definition) is 4. The van der Waals surface area contributed by atoms with Crippen LogP contribution in [0.3, 0.4) is 0 Å². The molecule has 0 amide bonds. The first kappa shape index (κ1) is 11.2. The van der Waals surface area contributed by atoms with Gasteiger partial charge in [0.25, 0.3) is 0 Å². The lowest BCUT2D eigenvalue weighted by molar-refractivity contribution is 0.206. The number of nitrogens with one attached hydrogen (secondary N) is 1. The molecule has 6 heteroatoms. The van der Waals surface area contributed by atoms with Gasteiger partial charge >= 0.3 is 11.7 Å². The van der Waals surface area contributed by atoms with Gasteiger partial charge in [-0.3, -0.25) is 4.98 Å². The summed E-state index contributed by atoms with van der Waals surface area (Å²) in [6.45, 7) is 1.92. The SMILES string of the molecule is C[C@H]1[C@@H](c2ccccc2)Oc2nc(=S)[nH]c(=O)n21. The Morgan fingerprint density at radius 1 is 1.39 bits per heavy atom. The van der Waals surface area contributed by atoms with Crippen LogP contribution in [0.15, 0.2) is 35.1 Å². The molecule has 0 bridgehead atoms. The summed E-state index contributed by atoms with van der Waals surface area (Å²) in [6, 6.07) is 9.92. The molecule has 0 unspecified atom stereocenters. The molecule has 2 heterocycles. The number of hydrogen-bond donors (Lipinski definition) is 1. The summed E-state index contributed by atoms with van der Waals surface area (Å²) in [6.07, 6.45) is -0.211. The van der Waals surface area contributed by atoms with E-state index in [0.717, 1.165) is 5.56 Å². The van der Waals surface area contributed by atoms with E-state index in [1.165, 1.54) is 4.57 Å². The smallest absolute Gasteiger partial charge is 0.332 e. The van der Waals surface area contributed by atoms with Crippen LogP contribution in [0.2, 0.25) is 0 Å². The zero-order chi connectivity index (χ0) is 12.7. The number of nitrogens with zero attached hydrogens (tertiary/aromatic N) is 2. The lowest BCUT2D eigenvalue weighted by Gasteiger charge is -2.14. The monoisotopic (exact) mass is 261 g/mol. The molecular weight excluding hydrogens is 250 g/mol. The fraction of sp³-hybridized carbons (Fsp3) is 0.250. The van der Waals surface area contributed by atoms with Crippen molar-refractivity contribution >= 4 is 12.2 Å². The van der Waals surface area contributed by atoms with E-state index in [1.54, 1.807) is 0 Å². The molecule has 0 aliphatic carbocycles. The summed E-state index contributed by atoms with van der Waals surface area (Å²) >= 11 is 4.87. The Morgan fingerprint density at radius 2 is 2.11 bits per heavy atom. The molecule has 1 aromatic carbocycles. The Hall–Kier alpha value is -1.95. The first-order valence-electron chi connectivity index (χ1n) is 5.61.